The second kappa shape index (κ2) is 5.30. The highest BCUT2D eigenvalue weighted by atomic mass is 19.1. The van der Waals surface area contributed by atoms with Gasteiger partial charge in [0, 0.05) is 38.4 Å². The third kappa shape index (κ3) is 2.43. The Balaban J connectivity index is 1.98. The SMILES string of the molecule is CCn1nc(C)c(CNCc2ccnn2C)c1F. The molecule has 2 aromatic rings. The summed E-state index contributed by atoms with van der Waals surface area (Å²) in [6.45, 7) is 5.39. The molecule has 0 aliphatic rings. The molecule has 2 rings (SSSR count). The van der Waals surface area contributed by atoms with E-state index in [0.717, 1.165) is 11.4 Å². The predicted octanol–water partition coefficient (Wildman–Crippen LogP) is 1.37. The number of rotatable bonds is 5. The molecule has 0 bridgehead atoms. The molecule has 2 aromatic heterocycles. The second-order valence-electron chi connectivity index (χ2n) is 4.22. The Morgan fingerprint density at radius 3 is 2.72 bits per heavy atom. The van der Waals surface area contributed by atoms with E-state index < -0.39 is 0 Å². The lowest BCUT2D eigenvalue weighted by molar-refractivity contribution is 0.459. The summed E-state index contributed by atoms with van der Waals surface area (Å²) in [5, 5.41) is 11.4. The van der Waals surface area contributed by atoms with E-state index in [4.69, 9.17) is 0 Å². The van der Waals surface area contributed by atoms with Crippen LogP contribution in [-0.2, 0) is 26.7 Å². The monoisotopic (exact) mass is 251 g/mol. The number of nitrogens with one attached hydrogen (secondary N) is 1. The Hall–Kier alpha value is -1.69. The number of aryl methyl sites for hydroxylation is 3. The summed E-state index contributed by atoms with van der Waals surface area (Å²) in [6.07, 6.45) is 1.75. The second-order valence-corrected chi connectivity index (χ2v) is 4.22. The molecule has 2 heterocycles. The zero-order valence-electron chi connectivity index (χ0n) is 10.9. The zero-order chi connectivity index (χ0) is 13.1. The first kappa shape index (κ1) is 12.8. The van der Waals surface area contributed by atoms with Gasteiger partial charge in [0.05, 0.1) is 11.4 Å². The van der Waals surface area contributed by atoms with Gasteiger partial charge in [-0.2, -0.15) is 14.6 Å². The molecule has 1 N–H and O–H groups in total. The number of aromatic nitrogens is 4. The summed E-state index contributed by atoms with van der Waals surface area (Å²) in [5.41, 5.74) is 2.45. The average Bonchev–Trinajstić information content (AvgIpc) is 2.87. The maximum absolute atomic E-state index is 13.9. The normalized spacial score (nSPS) is 11.1. The van der Waals surface area contributed by atoms with Crippen LogP contribution >= 0.6 is 0 Å². The number of hydrogen-bond donors (Lipinski definition) is 1. The van der Waals surface area contributed by atoms with Crippen LogP contribution in [0.1, 0.15) is 23.9 Å². The molecular formula is C12H18FN5. The van der Waals surface area contributed by atoms with Gasteiger partial charge in [-0.3, -0.25) is 4.68 Å². The van der Waals surface area contributed by atoms with E-state index in [2.05, 4.69) is 15.5 Å². The van der Waals surface area contributed by atoms with E-state index in [-0.39, 0.29) is 5.95 Å². The van der Waals surface area contributed by atoms with Gasteiger partial charge in [0.25, 0.3) is 0 Å². The van der Waals surface area contributed by atoms with Gasteiger partial charge in [0.2, 0.25) is 5.95 Å². The molecule has 0 atom stereocenters. The number of nitrogens with zero attached hydrogens (tertiary/aromatic N) is 4. The first-order chi connectivity index (χ1) is 8.63. The summed E-state index contributed by atoms with van der Waals surface area (Å²) in [4.78, 5) is 0. The van der Waals surface area contributed by atoms with E-state index in [1.807, 2.05) is 27.0 Å². The third-order valence-electron chi connectivity index (χ3n) is 3.01. The Bertz CT molecular complexity index is 529. The smallest absolute Gasteiger partial charge is 0.216 e. The van der Waals surface area contributed by atoms with Crippen molar-refractivity contribution < 1.29 is 4.39 Å². The lowest BCUT2D eigenvalue weighted by Crippen LogP contribution is -2.16. The maximum Gasteiger partial charge on any atom is 0.216 e. The highest BCUT2D eigenvalue weighted by Crippen LogP contribution is 2.12. The minimum absolute atomic E-state index is 0.243. The van der Waals surface area contributed by atoms with E-state index in [1.165, 1.54) is 4.68 Å². The lowest BCUT2D eigenvalue weighted by Gasteiger charge is -2.04. The molecule has 0 saturated carbocycles. The molecule has 0 aliphatic heterocycles. The standard InChI is InChI=1S/C12H18FN5/c1-4-18-12(13)11(9(2)16-18)8-14-7-10-5-6-15-17(10)3/h5-6,14H,4,7-8H2,1-3H3. The van der Waals surface area contributed by atoms with Crippen LogP contribution in [0.3, 0.4) is 0 Å². The molecule has 5 nitrogen and oxygen atoms in total. The molecule has 0 aromatic carbocycles. The van der Waals surface area contributed by atoms with Gasteiger partial charge in [-0.05, 0) is 19.9 Å². The largest absolute Gasteiger partial charge is 0.307 e. The molecule has 18 heavy (non-hydrogen) atoms. The van der Waals surface area contributed by atoms with Crippen LogP contribution in [0.25, 0.3) is 0 Å². The summed E-state index contributed by atoms with van der Waals surface area (Å²) < 4.78 is 17.1. The fraction of sp³-hybridized carbons (Fsp3) is 0.500. The molecule has 0 amide bonds. The first-order valence-corrected chi connectivity index (χ1v) is 6.02. The summed E-state index contributed by atoms with van der Waals surface area (Å²) >= 11 is 0. The molecule has 0 spiro atoms. The Morgan fingerprint density at radius 1 is 1.39 bits per heavy atom. The van der Waals surface area contributed by atoms with Crippen molar-refractivity contribution in [3.63, 3.8) is 0 Å². The first-order valence-electron chi connectivity index (χ1n) is 6.02. The van der Waals surface area contributed by atoms with Crippen LogP contribution in [0.2, 0.25) is 0 Å². The zero-order valence-corrected chi connectivity index (χ0v) is 10.9. The van der Waals surface area contributed by atoms with E-state index in [9.17, 15) is 4.39 Å². The van der Waals surface area contributed by atoms with Crippen molar-refractivity contribution in [2.45, 2.75) is 33.5 Å². The lowest BCUT2D eigenvalue weighted by atomic mass is 10.2. The van der Waals surface area contributed by atoms with Crippen molar-refractivity contribution in [1.29, 1.82) is 0 Å². The fourth-order valence-electron chi connectivity index (χ4n) is 1.89. The average molecular weight is 251 g/mol. The van der Waals surface area contributed by atoms with E-state index in [1.54, 1.807) is 10.9 Å². The van der Waals surface area contributed by atoms with Crippen molar-refractivity contribution >= 4 is 0 Å². The molecule has 0 saturated heterocycles. The topological polar surface area (TPSA) is 47.7 Å². The summed E-state index contributed by atoms with van der Waals surface area (Å²) in [5.74, 6) is -0.243. The van der Waals surface area contributed by atoms with E-state index >= 15 is 0 Å². The molecular weight excluding hydrogens is 233 g/mol. The highest BCUT2D eigenvalue weighted by molar-refractivity contribution is 5.17. The Kier molecular flexibility index (Phi) is 3.76. The van der Waals surface area contributed by atoms with Crippen molar-refractivity contribution in [1.82, 2.24) is 24.9 Å². The summed E-state index contributed by atoms with van der Waals surface area (Å²) in [7, 11) is 1.89. The number of halogens is 1. The Morgan fingerprint density at radius 2 is 2.17 bits per heavy atom. The van der Waals surface area contributed by atoms with Crippen molar-refractivity contribution in [2.75, 3.05) is 0 Å². The van der Waals surface area contributed by atoms with Crippen LogP contribution in [0, 0.1) is 12.9 Å². The molecule has 0 fully saturated rings. The molecule has 6 heteroatoms. The predicted molar refractivity (Wildman–Crippen MR) is 66.3 cm³/mol. The van der Waals surface area contributed by atoms with Crippen LogP contribution in [0.15, 0.2) is 12.3 Å². The van der Waals surface area contributed by atoms with Crippen LogP contribution in [0.4, 0.5) is 4.39 Å². The number of hydrogen-bond acceptors (Lipinski definition) is 3. The maximum atomic E-state index is 13.9. The summed E-state index contributed by atoms with van der Waals surface area (Å²) in [6, 6.07) is 1.94. The van der Waals surface area contributed by atoms with Crippen molar-refractivity contribution in [3.05, 3.63) is 35.2 Å². The van der Waals surface area contributed by atoms with Crippen LogP contribution in [0.5, 0.6) is 0 Å². The minimum atomic E-state index is -0.243. The van der Waals surface area contributed by atoms with Crippen molar-refractivity contribution in [3.8, 4) is 0 Å². The molecule has 0 aliphatic carbocycles. The minimum Gasteiger partial charge on any atom is -0.307 e. The van der Waals surface area contributed by atoms with Gasteiger partial charge in [-0.25, -0.2) is 4.68 Å². The molecule has 0 unspecified atom stereocenters. The quantitative estimate of drug-likeness (QED) is 0.873. The Labute approximate surface area is 106 Å². The third-order valence-corrected chi connectivity index (χ3v) is 3.01. The van der Waals surface area contributed by atoms with Gasteiger partial charge in [-0.1, -0.05) is 0 Å². The highest BCUT2D eigenvalue weighted by Gasteiger charge is 2.13. The van der Waals surface area contributed by atoms with Gasteiger partial charge in [-0.15, -0.1) is 0 Å². The van der Waals surface area contributed by atoms with Crippen LogP contribution < -0.4 is 5.32 Å². The van der Waals surface area contributed by atoms with E-state index in [0.29, 0.717) is 25.2 Å². The molecule has 98 valence electrons. The van der Waals surface area contributed by atoms with Crippen LogP contribution in [-0.4, -0.2) is 19.6 Å². The van der Waals surface area contributed by atoms with Crippen molar-refractivity contribution in [2.24, 2.45) is 7.05 Å². The van der Waals surface area contributed by atoms with Gasteiger partial charge < -0.3 is 5.32 Å². The van der Waals surface area contributed by atoms with Gasteiger partial charge in [0.15, 0.2) is 0 Å². The van der Waals surface area contributed by atoms with Gasteiger partial charge in [0.1, 0.15) is 0 Å². The fourth-order valence-corrected chi connectivity index (χ4v) is 1.89. The van der Waals surface area contributed by atoms with Gasteiger partial charge >= 0.3 is 0 Å². The molecule has 0 radical (unpaired) electrons.